The average molecular weight is 720 g/mol. The topological polar surface area (TPSA) is 78.6 Å². The molecule has 6 aromatic rings. The molecule has 0 atom stereocenters. The molecular formula is C36H30Cl4N6O2. The minimum absolute atomic E-state index is 0.185. The lowest BCUT2D eigenvalue weighted by atomic mass is 10.2. The van der Waals surface area contributed by atoms with Crippen LogP contribution >= 0.6 is 46.4 Å². The number of halogens is 4. The molecule has 0 saturated carbocycles. The summed E-state index contributed by atoms with van der Waals surface area (Å²) in [4.78, 5) is 34.2. The van der Waals surface area contributed by atoms with Gasteiger partial charge in [-0.25, -0.2) is 19.3 Å². The van der Waals surface area contributed by atoms with Gasteiger partial charge in [0.05, 0.1) is 42.9 Å². The molecule has 0 aliphatic heterocycles. The monoisotopic (exact) mass is 718 g/mol. The molecule has 0 aliphatic rings. The maximum absolute atomic E-state index is 12.8. The number of para-hydroxylation sites is 2. The largest absolute Gasteiger partial charge is 0.297 e. The fourth-order valence-corrected chi connectivity index (χ4v) is 5.63. The van der Waals surface area contributed by atoms with E-state index in [1.807, 2.05) is 88.6 Å². The van der Waals surface area contributed by atoms with E-state index in [-0.39, 0.29) is 11.1 Å². The Labute approximate surface area is 297 Å². The predicted molar refractivity (Wildman–Crippen MR) is 199 cm³/mol. The van der Waals surface area contributed by atoms with Crippen molar-refractivity contribution in [3.63, 3.8) is 0 Å². The maximum Gasteiger partial charge on any atom is 0.297 e. The van der Waals surface area contributed by atoms with Crippen molar-refractivity contribution >= 4 is 70.2 Å². The van der Waals surface area contributed by atoms with Crippen LogP contribution in [0.4, 0.5) is 11.4 Å². The first kappa shape index (κ1) is 34.7. The molecule has 48 heavy (non-hydrogen) atoms. The molecule has 0 unspecified atom stereocenters. The predicted octanol–water partition coefficient (Wildman–Crippen LogP) is 9.08. The van der Waals surface area contributed by atoms with E-state index in [1.165, 1.54) is 0 Å². The lowest BCUT2D eigenvalue weighted by Crippen LogP contribution is -2.19. The average Bonchev–Trinajstić information content (AvgIpc) is 3.44. The summed E-state index contributed by atoms with van der Waals surface area (Å²) in [6.45, 7) is 3.71. The molecule has 0 spiro atoms. The van der Waals surface area contributed by atoms with Crippen molar-refractivity contribution in [3.05, 3.63) is 160 Å². The summed E-state index contributed by atoms with van der Waals surface area (Å²) in [6.07, 6.45) is 3.13. The minimum Gasteiger partial charge on any atom is -0.283 e. The van der Waals surface area contributed by atoms with Gasteiger partial charge >= 0.3 is 0 Å². The molecule has 0 fully saturated rings. The third-order valence-electron chi connectivity index (χ3n) is 7.68. The van der Waals surface area contributed by atoms with Crippen LogP contribution in [-0.2, 0) is 14.1 Å². The van der Waals surface area contributed by atoms with Gasteiger partial charge < -0.3 is 0 Å². The van der Waals surface area contributed by atoms with Crippen LogP contribution in [0.1, 0.15) is 22.5 Å². The first-order valence-corrected chi connectivity index (χ1v) is 16.2. The van der Waals surface area contributed by atoms with E-state index in [4.69, 9.17) is 46.4 Å². The fraction of sp³-hybridized carbons (Fsp3) is 0.111. The quantitative estimate of drug-likeness (QED) is 0.161. The standard InChI is InChI=1S/2C18H15Cl2N3O/c2*1-12-17(21-11-13-7-6-10-15(19)16(13)20)18(24)23(22(12)2)14-8-4-3-5-9-14/h2*3-11H,1-2H3. The number of benzene rings is 4. The van der Waals surface area contributed by atoms with Gasteiger partial charge in [0.2, 0.25) is 0 Å². The number of hydrogen-bond donors (Lipinski definition) is 0. The summed E-state index contributed by atoms with van der Waals surface area (Å²) in [7, 11) is 3.66. The summed E-state index contributed by atoms with van der Waals surface area (Å²) in [5, 5.41) is 1.74. The Morgan fingerprint density at radius 1 is 0.521 bits per heavy atom. The lowest BCUT2D eigenvalue weighted by molar-refractivity contribution is 0.630. The Kier molecular flexibility index (Phi) is 10.9. The van der Waals surface area contributed by atoms with Gasteiger partial charge in [0, 0.05) is 37.7 Å². The first-order chi connectivity index (χ1) is 23.0. The van der Waals surface area contributed by atoms with Crippen LogP contribution in [0.25, 0.3) is 11.4 Å². The number of aromatic nitrogens is 4. The van der Waals surface area contributed by atoms with Crippen LogP contribution in [0.3, 0.4) is 0 Å². The normalized spacial score (nSPS) is 11.3. The second-order valence-electron chi connectivity index (χ2n) is 10.6. The molecule has 8 nitrogen and oxygen atoms in total. The van der Waals surface area contributed by atoms with Crippen molar-refractivity contribution < 1.29 is 0 Å². The van der Waals surface area contributed by atoms with E-state index in [1.54, 1.807) is 67.6 Å². The van der Waals surface area contributed by atoms with E-state index >= 15 is 0 Å². The highest BCUT2D eigenvalue weighted by atomic mass is 35.5. The molecule has 0 bridgehead atoms. The van der Waals surface area contributed by atoms with Gasteiger partial charge in [0.15, 0.2) is 11.4 Å². The molecule has 0 N–H and O–H groups in total. The Hall–Kier alpha value is -4.60. The molecule has 0 amide bonds. The van der Waals surface area contributed by atoms with Gasteiger partial charge in [-0.1, -0.05) is 107 Å². The minimum atomic E-state index is -0.185. The highest BCUT2D eigenvalue weighted by Gasteiger charge is 2.16. The van der Waals surface area contributed by atoms with Crippen molar-refractivity contribution in [1.82, 2.24) is 18.7 Å². The number of rotatable bonds is 6. The molecule has 2 heterocycles. The van der Waals surface area contributed by atoms with Gasteiger partial charge in [-0.15, -0.1) is 0 Å². The Morgan fingerprint density at radius 2 is 0.875 bits per heavy atom. The molecular weight excluding hydrogens is 690 g/mol. The van der Waals surface area contributed by atoms with E-state index in [9.17, 15) is 9.59 Å². The molecule has 0 radical (unpaired) electrons. The third kappa shape index (κ3) is 7.12. The van der Waals surface area contributed by atoms with Gasteiger partial charge in [-0.3, -0.25) is 19.0 Å². The number of hydrogen-bond acceptors (Lipinski definition) is 4. The van der Waals surface area contributed by atoms with Gasteiger partial charge in [0.1, 0.15) is 0 Å². The fourth-order valence-electron chi connectivity index (χ4n) is 4.91. The molecule has 0 saturated heterocycles. The molecule has 2 aromatic heterocycles. The second kappa shape index (κ2) is 15.1. The van der Waals surface area contributed by atoms with Crippen molar-refractivity contribution in [3.8, 4) is 11.4 Å². The summed E-state index contributed by atoms with van der Waals surface area (Å²) in [5.41, 5.74) is 4.80. The zero-order valence-electron chi connectivity index (χ0n) is 26.4. The SMILES string of the molecule is Cc1c(N=Cc2cccc(Cl)c2Cl)c(=O)n(-c2ccccc2)n1C.Cc1c(N=Cc2cccc(Cl)c2Cl)c(=O)n(-c2ccccc2)n1C. The lowest BCUT2D eigenvalue weighted by Gasteiger charge is -2.07. The molecule has 6 rings (SSSR count). The van der Waals surface area contributed by atoms with Crippen LogP contribution < -0.4 is 11.1 Å². The maximum atomic E-state index is 12.8. The summed E-state index contributed by atoms with van der Waals surface area (Å²) >= 11 is 24.3. The summed E-state index contributed by atoms with van der Waals surface area (Å²) < 4.78 is 6.73. The Bertz CT molecular complexity index is 2110. The summed E-state index contributed by atoms with van der Waals surface area (Å²) in [5.74, 6) is 0. The van der Waals surface area contributed by atoms with Crippen LogP contribution in [-0.4, -0.2) is 31.2 Å². The van der Waals surface area contributed by atoms with Gasteiger partial charge in [0.25, 0.3) is 11.1 Å². The first-order valence-electron chi connectivity index (χ1n) is 14.7. The van der Waals surface area contributed by atoms with Crippen LogP contribution in [0.15, 0.2) is 117 Å². The number of aliphatic imine (C=N–C) groups is 2. The van der Waals surface area contributed by atoms with E-state index in [2.05, 4.69) is 9.98 Å². The van der Waals surface area contributed by atoms with Crippen molar-refractivity contribution in [2.24, 2.45) is 24.1 Å². The second-order valence-corrected chi connectivity index (χ2v) is 12.2. The molecule has 0 aliphatic carbocycles. The third-order valence-corrected chi connectivity index (χ3v) is 9.34. The van der Waals surface area contributed by atoms with Crippen LogP contribution in [0, 0.1) is 13.8 Å². The number of nitrogens with zero attached hydrogens (tertiary/aromatic N) is 6. The highest BCUT2D eigenvalue weighted by Crippen LogP contribution is 2.26. The molecule has 4 aromatic carbocycles. The van der Waals surface area contributed by atoms with E-state index in [0.717, 1.165) is 22.8 Å². The summed E-state index contributed by atoms with van der Waals surface area (Å²) in [6, 6.07) is 29.5. The smallest absolute Gasteiger partial charge is 0.283 e. The van der Waals surface area contributed by atoms with Crippen molar-refractivity contribution in [2.75, 3.05) is 0 Å². The van der Waals surface area contributed by atoms with E-state index < -0.39 is 0 Å². The van der Waals surface area contributed by atoms with Crippen molar-refractivity contribution in [1.29, 1.82) is 0 Å². The molecule has 244 valence electrons. The Balaban J connectivity index is 0.000000188. The zero-order valence-corrected chi connectivity index (χ0v) is 29.4. The zero-order chi connectivity index (χ0) is 34.5. The molecule has 12 heteroatoms. The highest BCUT2D eigenvalue weighted by molar-refractivity contribution is 6.44. The van der Waals surface area contributed by atoms with Crippen molar-refractivity contribution in [2.45, 2.75) is 13.8 Å². The Morgan fingerprint density at radius 3 is 1.23 bits per heavy atom. The van der Waals surface area contributed by atoms with Crippen LogP contribution in [0.5, 0.6) is 0 Å². The van der Waals surface area contributed by atoms with Gasteiger partial charge in [-0.05, 0) is 50.2 Å². The van der Waals surface area contributed by atoms with E-state index in [0.29, 0.717) is 42.6 Å². The van der Waals surface area contributed by atoms with Crippen LogP contribution in [0.2, 0.25) is 20.1 Å². The van der Waals surface area contributed by atoms with Gasteiger partial charge in [-0.2, -0.15) is 0 Å².